The minimum absolute atomic E-state index is 0.0527. The van der Waals surface area contributed by atoms with Crippen molar-refractivity contribution in [1.29, 1.82) is 0 Å². The number of halogens is 1. The van der Waals surface area contributed by atoms with Gasteiger partial charge in [-0.2, -0.15) is 0 Å². The fourth-order valence-electron chi connectivity index (χ4n) is 1.92. The fraction of sp³-hybridized carbons (Fsp3) is 0.286. The zero-order chi connectivity index (χ0) is 14.0. The number of rotatable bonds is 3. The number of aromatic nitrogens is 2. The van der Waals surface area contributed by atoms with E-state index in [4.69, 9.17) is 16.3 Å². The number of methoxy groups -OCH3 is 1. The number of phenols is 1. The van der Waals surface area contributed by atoms with Crippen LogP contribution in [0.5, 0.6) is 11.5 Å². The van der Waals surface area contributed by atoms with Crippen molar-refractivity contribution in [2.75, 3.05) is 7.11 Å². The topological polar surface area (TPSA) is 55.2 Å². The Kier molecular flexibility index (Phi) is 3.90. The van der Waals surface area contributed by atoms with Crippen LogP contribution < -0.4 is 4.74 Å². The highest BCUT2D eigenvalue weighted by Crippen LogP contribution is 2.31. The lowest BCUT2D eigenvalue weighted by Crippen LogP contribution is -1.99. The third-order valence-electron chi connectivity index (χ3n) is 2.95. The number of phenolic OH excluding ortho intramolecular Hbond substituents is 1. The maximum atomic E-state index is 9.78. The fourth-order valence-corrected chi connectivity index (χ4v) is 2.27. The summed E-state index contributed by atoms with van der Waals surface area (Å²) in [7, 11) is 1.50. The molecule has 1 heterocycles. The summed E-state index contributed by atoms with van der Waals surface area (Å²) in [4.78, 5) is 8.70. The first kappa shape index (κ1) is 13.6. The van der Waals surface area contributed by atoms with Gasteiger partial charge in [-0.05, 0) is 31.5 Å². The molecule has 5 heteroatoms. The molecule has 0 spiro atoms. The second-order valence-corrected chi connectivity index (χ2v) is 4.50. The lowest BCUT2D eigenvalue weighted by atomic mass is 10.1. The van der Waals surface area contributed by atoms with Gasteiger partial charge < -0.3 is 9.84 Å². The van der Waals surface area contributed by atoms with Crippen LogP contribution in [0.4, 0.5) is 0 Å². The summed E-state index contributed by atoms with van der Waals surface area (Å²) in [5.41, 5.74) is 2.50. The standard InChI is InChI=1S/C14H15ClN2O2/c1-4-10-8(2)16-14(17-13(10)15)9-5-6-12(19-3)11(18)7-9/h5-7,18H,4H2,1-3H3. The van der Waals surface area contributed by atoms with Crippen molar-refractivity contribution in [2.24, 2.45) is 0 Å². The van der Waals surface area contributed by atoms with Gasteiger partial charge in [0.25, 0.3) is 0 Å². The van der Waals surface area contributed by atoms with E-state index in [1.165, 1.54) is 7.11 Å². The molecule has 0 aliphatic rings. The van der Waals surface area contributed by atoms with Gasteiger partial charge in [-0.3, -0.25) is 0 Å². The lowest BCUT2D eigenvalue weighted by Gasteiger charge is -2.09. The molecule has 0 saturated carbocycles. The molecule has 2 rings (SSSR count). The van der Waals surface area contributed by atoms with Gasteiger partial charge in [0.2, 0.25) is 0 Å². The number of nitrogens with zero attached hydrogens (tertiary/aromatic N) is 2. The van der Waals surface area contributed by atoms with E-state index in [0.717, 1.165) is 17.7 Å². The number of ether oxygens (including phenoxy) is 1. The van der Waals surface area contributed by atoms with E-state index < -0.39 is 0 Å². The van der Waals surface area contributed by atoms with Crippen molar-refractivity contribution >= 4 is 11.6 Å². The molecule has 0 saturated heterocycles. The quantitative estimate of drug-likeness (QED) is 0.875. The first-order valence-corrected chi connectivity index (χ1v) is 6.35. The number of aryl methyl sites for hydroxylation is 1. The molecule has 2 aromatic rings. The van der Waals surface area contributed by atoms with Gasteiger partial charge in [0, 0.05) is 16.8 Å². The van der Waals surface area contributed by atoms with Crippen LogP contribution in [-0.4, -0.2) is 22.2 Å². The zero-order valence-electron chi connectivity index (χ0n) is 11.1. The summed E-state index contributed by atoms with van der Waals surface area (Å²) in [6.45, 7) is 3.91. The van der Waals surface area contributed by atoms with Gasteiger partial charge in [-0.25, -0.2) is 9.97 Å². The van der Waals surface area contributed by atoms with Crippen molar-refractivity contribution in [3.63, 3.8) is 0 Å². The Labute approximate surface area is 117 Å². The Bertz CT molecular complexity index is 591. The predicted octanol–water partition coefficient (Wildman–Crippen LogP) is 3.38. The number of aromatic hydroxyl groups is 1. The number of hydrogen-bond donors (Lipinski definition) is 1. The summed E-state index contributed by atoms with van der Waals surface area (Å²) < 4.78 is 5.00. The second-order valence-electron chi connectivity index (χ2n) is 4.14. The van der Waals surface area contributed by atoms with E-state index in [2.05, 4.69) is 9.97 Å². The summed E-state index contributed by atoms with van der Waals surface area (Å²) in [5.74, 6) is 0.964. The maximum Gasteiger partial charge on any atom is 0.161 e. The highest BCUT2D eigenvalue weighted by Gasteiger charge is 2.11. The summed E-state index contributed by atoms with van der Waals surface area (Å²) in [6, 6.07) is 5.02. The van der Waals surface area contributed by atoms with Crippen molar-refractivity contribution in [3.8, 4) is 22.9 Å². The highest BCUT2D eigenvalue weighted by atomic mass is 35.5. The minimum Gasteiger partial charge on any atom is -0.504 e. The Hall–Kier alpha value is -1.81. The first-order chi connectivity index (χ1) is 9.06. The SMILES string of the molecule is CCc1c(C)nc(-c2ccc(OC)c(O)c2)nc1Cl. The monoisotopic (exact) mass is 278 g/mol. The minimum atomic E-state index is 0.0527. The van der Waals surface area contributed by atoms with Crippen molar-refractivity contribution in [3.05, 3.63) is 34.6 Å². The molecule has 19 heavy (non-hydrogen) atoms. The van der Waals surface area contributed by atoms with Gasteiger partial charge in [0.1, 0.15) is 5.15 Å². The normalized spacial score (nSPS) is 10.5. The summed E-state index contributed by atoms with van der Waals surface area (Å²) in [6.07, 6.45) is 0.790. The Morgan fingerprint density at radius 1 is 1.32 bits per heavy atom. The third-order valence-corrected chi connectivity index (χ3v) is 3.27. The third kappa shape index (κ3) is 2.63. The highest BCUT2D eigenvalue weighted by molar-refractivity contribution is 6.30. The van der Waals surface area contributed by atoms with Crippen LogP contribution in [0.15, 0.2) is 18.2 Å². The summed E-state index contributed by atoms with van der Waals surface area (Å²) in [5, 5.41) is 10.2. The van der Waals surface area contributed by atoms with Crippen LogP contribution in [0.1, 0.15) is 18.2 Å². The van der Waals surface area contributed by atoms with Gasteiger partial charge in [0.05, 0.1) is 7.11 Å². The first-order valence-electron chi connectivity index (χ1n) is 5.97. The molecule has 0 amide bonds. The van der Waals surface area contributed by atoms with Gasteiger partial charge in [-0.15, -0.1) is 0 Å². The van der Waals surface area contributed by atoms with Crippen molar-refractivity contribution in [2.45, 2.75) is 20.3 Å². The Morgan fingerprint density at radius 2 is 2.05 bits per heavy atom. The molecule has 0 bridgehead atoms. The van der Waals surface area contributed by atoms with Crippen LogP contribution in [0, 0.1) is 6.92 Å². The molecule has 1 aromatic carbocycles. The van der Waals surface area contributed by atoms with Crippen molar-refractivity contribution in [1.82, 2.24) is 9.97 Å². The number of hydrogen-bond acceptors (Lipinski definition) is 4. The molecule has 1 N–H and O–H groups in total. The van der Waals surface area contributed by atoms with Gasteiger partial charge in [-0.1, -0.05) is 18.5 Å². The van der Waals surface area contributed by atoms with Crippen LogP contribution in [0.2, 0.25) is 5.15 Å². The molecule has 0 fully saturated rings. The van der Waals surface area contributed by atoms with Crippen molar-refractivity contribution < 1.29 is 9.84 Å². The molecular weight excluding hydrogens is 264 g/mol. The van der Waals surface area contributed by atoms with Crippen LogP contribution in [0.25, 0.3) is 11.4 Å². The van der Waals surface area contributed by atoms with E-state index in [9.17, 15) is 5.11 Å². The molecule has 0 radical (unpaired) electrons. The second kappa shape index (κ2) is 5.45. The van der Waals surface area contributed by atoms with Crippen LogP contribution >= 0.6 is 11.6 Å². The van der Waals surface area contributed by atoms with E-state index in [1.807, 2.05) is 13.8 Å². The largest absolute Gasteiger partial charge is 0.504 e. The molecule has 0 atom stereocenters. The van der Waals surface area contributed by atoms with Crippen LogP contribution in [0.3, 0.4) is 0 Å². The molecule has 1 aromatic heterocycles. The predicted molar refractivity (Wildman–Crippen MR) is 74.8 cm³/mol. The molecule has 4 nitrogen and oxygen atoms in total. The lowest BCUT2D eigenvalue weighted by molar-refractivity contribution is 0.373. The number of benzene rings is 1. The van der Waals surface area contributed by atoms with E-state index >= 15 is 0 Å². The molecule has 0 unspecified atom stereocenters. The van der Waals surface area contributed by atoms with Gasteiger partial charge >= 0.3 is 0 Å². The van der Waals surface area contributed by atoms with Gasteiger partial charge in [0.15, 0.2) is 17.3 Å². The van der Waals surface area contributed by atoms with Crippen LogP contribution in [-0.2, 0) is 6.42 Å². The molecular formula is C14H15ClN2O2. The molecule has 100 valence electrons. The smallest absolute Gasteiger partial charge is 0.161 e. The Balaban J connectivity index is 2.50. The average molecular weight is 279 g/mol. The van der Waals surface area contributed by atoms with E-state index in [-0.39, 0.29) is 5.75 Å². The molecule has 0 aliphatic heterocycles. The average Bonchev–Trinajstić information content (AvgIpc) is 2.38. The zero-order valence-corrected chi connectivity index (χ0v) is 11.8. The summed E-state index contributed by atoms with van der Waals surface area (Å²) >= 11 is 6.14. The maximum absolute atomic E-state index is 9.78. The molecule has 0 aliphatic carbocycles. The van der Waals surface area contributed by atoms with E-state index in [0.29, 0.717) is 22.3 Å². The van der Waals surface area contributed by atoms with E-state index in [1.54, 1.807) is 18.2 Å². The Morgan fingerprint density at radius 3 is 2.58 bits per heavy atom.